The number of rotatable bonds is 2. The molecule has 2 aromatic rings. The van der Waals surface area contributed by atoms with Crippen LogP contribution in [-0.2, 0) is 4.74 Å². The van der Waals surface area contributed by atoms with Crippen LogP contribution >= 0.6 is 0 Å². The first-order valence-electron chi connectivity index (χ1n) is 5.78. The summed E-state index contributed by atoms with van der Waals surface area (Å²) in [5.41, 5.74) is 1.61. The van der Waals surface area contributed by atoms with E-state index in [1.807, 2.05) is 24.3 Å². The summed E-state index contributed by atoms with van der Waals surface area (Å²) in [5.74, 6) is 0.457. The van der Waals surface area contributed by atoms with Crippen molar-refractivity contribution in [2.45, 2.75) is 24.4 Å². The fourth-order valence-corrected chi connectivity index (χ4v) is 2.23. The SMILES string of the molecule is OC[C@H]1O[C@H](c2nc3ccccc3[nH]2)[C@H](O)[C@@H]1O. The molecule has 0 radical (unpaired) electrons. The summed E-state index contributed by atoms with van der Waals surface area (Å²) < 4.78 is 5.41. The van der Waals surface area contributed by atoms with Crippen LogP contribution < -0.4 is 0 Å². The standard InChI is InChI=1S/C12H14N2O4/c15-5-8-9(16)10(17)11(18-8)12-13-6-3-1-2-4-7(6)14-12/h1-4,8-11,15-17H,5H2,(H,13,14)/t8-,9-,10-,11+/m1/s1. The van der Waals surface area contributed by atoms with E-state index in [1.165, 1.54) is 0 Å². The molecule has 0 spiro atoms. The highest BCUT2D eigenvalue weighted by Gasteiger charge is 2.44. The van der Waals surface area contributed by atoms with E-state index in [-0.39, 0.29) is 6.61 Å². The number of aromatic nitrogens is 2. The number of para-hydroxylation sites is 2. The van der Waals surface area contributed by atoms with Crippen LogP contribution in [0, 0.1) is 0 Å². The van der Waals surface area contributed by atoms with Gasteiger partial charge in [0.05, 0.1) is 17.6 Å². The molecule has 6 nitrogen and oxygen atoms in total. The van der Waals surface area contributed by atoms with E-state index in [0.29, 0.717) is 5.82 Å². The number of ether oxygens (including phenoxy) is 1. The molecule has 1 fully saturated rings. The van der Waals surface area contributed by atoms with Gasteiger partial charge in [-0.3, -0.25) is 0 Å². The molecule has 4 N–H and O–H groups in total. The zero-order chi connectivity index (χ0) is 12.7. The van der Waals surface area contributed by atoms with Gasteiger partial charge in [0.1, 0.15) is 30.2 Å². The molecule has 0 bridgehead atoms. The Balaban J connectivity index is 1.95. The van der Waals surface area contributed by atoms with Crippen LogP contribution in [0.4, 0.5) is 0 Å². The van der Waals surface area contributed by atoms with Gasteiger partial charge in [0, 0.05) is 0 Å². The summed E-state index contributed by atoms with van der Waals surface area (Å²) in [4.78, 5) is 7.36. The maximum atomic E-state index is 9.89. The van der Waals surface area contributed by atoms with Crippen LogP contribution in [0.2, 0.25) is 0 Å². The Labute approximate surface area is 103 Å². The second-order valence-corrected chi connectivity index (χ2v) is 4.40. The molecule has 96 valence electrons. The van der Waals surface area contributed by atoms with Gasteiger partial charge in [0.25, 0.3) is 0 Å². The molecule has 0 aliphatic carbocycles. The van der Waals surface area contributed by atoms with Crippen molar-refractivity contribution in [3.8, 4) is 0 Å². The Morgan fingerprint density at radius 2 is 2.00 bits per heavy atom. The van der Waals surface area contributed by atoms with E-state index >= 15 is 0 Å². The van der Waals surface area contributed by atoms with Crippen molar-refractivity contribution in [3.05, 3.63) is 30.1 Å². The maximum Gasteiger partial charge on any atom is 0.144 e. The van der Waals surface area contributed by atoms with E-state index in [2.05, 4.69) is 9.97 Å². The molecule has 0 unspecified atom stereocenters. The highest BCUT2D eigenvalue weighted by molar-refractivity contribution is 5.74. The van der Waals surface area contributed by atoms with Crippen molar-refractivity contribution in [2.75, 3.05) is 6.61 Å². The van der Waals surface area contributed by atoms with E-state index in [1.54, 1.807) is 0 Å². The number of hydrogen-bond acceptors (Lipinski definition) is 5. The number of H-pyrrole nitrogens is 1. The summed E-state index contributed by atoms with van der Waals surface area (Å²) in [6, 6.07) is 7.45. The monoisotopic (exact) mass is 250 g/mol. The number of nitrogens with zero attached hydrogens (tertiary/aromatic N) is 1. The number of aliphatic hydroxyl groups excluding tert-OH is 3. The van der Waals surface area contributed by atoms with E-state index in [9.17, 15) is 10.2 Å². The van der Waals surface area contributed by atoms with Crippen molar-refractivity contribution in [2.24, 2.45) is 0 Å². The number of aliphatic hydroxyl groups is 3. The molecule has 3 rings (SSSR count). The smallest absolute Gasteiger partial charge is 0.144 e. The third-order valence-corrected chi connectivity index (χ3v) is 3.22. The molecule has 1 aromatic carbocycles. The molecule has 0 saturated carbocycles. The molecule has 6 heteroatoms. The fourth-order valence-electron chi connectivity index (χ4n) is 2.23. The molecule has 18 heavy (non-hydrogen) atoms. The molecule has 0 amide bonds. The Kier molecular flexibility index (Phi) is 2.79. The summed E-state index contributed by atoms with van der Waals surface area (Å²) in [5, 5.41) is 28.6. The summed E-state index contributed by atoms with van der Waals surface area (Å²) in [7, 11) is 0. The highest BCUT2D eigenvalue weighted by Crippen LogP contribution is 2.32. The Morgan fingerprint density at radius 3 is 2.67 bits per heavy atom. The number of imidazole rings is 1. The van der Waals surface area contributed by atoms with Crippen molar-refractivity contribution in [3.63, 3.8) is 0 Å². The fraction of sp³-hybridized carbons (Fsp3) is 0.417. The number of nitrogens with one attached hydrogen (secondary N) is 1. The van der Waals surface area contributed by atoms with Crippen LogP contribution in [0.1, 0.15) is 11.9 Å². The Bertz CT molecular complexity index is 523. The van der Waals surface area contributed by atoms with E-state index in [4.69, 9.17) is 9.84 Å². The summed E-state index contributed by atoms with van der Waals surface area (Å²) in [6.07, 6.45) is -3.72. The minimum Gasteiger partial charge on any atom is -0.394 e. The van der Waals surface area contributed by atoms with Crippen LogP contribution in [0.5, 0.6) is 0 Å². The highest BCUT2D eigenvalue weighted by atomic mass is 16.6. The number of aromatic amines is 1. The van der Waals surface area contributed by atoms with Crippen molar-refractivity contribution < 1.29 is 20.1 Å². The summed E-state index contributed by atoms with van der Waals surface area (Å²) >= 11 is 0. The van der Waals surface area contributed by atoms with Crippen molar-refractivity contribution in [1.29, 1.82) is 0 Å². The third kappa shape index (κ3) is 1.70. The van der Waals surface area contributed by atoms with Gasteiger partial charge in [-0.1, -0.05) is 12.1 Å². The lowest BCUT2D eigenvalue weighted by Gasteiger charge is -2.11. The van der Waals surface area contributed by atoms with Gasteiger partial charge in [-0.2, -0.15) is 0 Å². The van der Waals surface area contributed by atoms with Gasteiger partial charge < -0.3 is 25.0 Å². The Hall–Kier alpha value is -1.47. The lowest BCUT2D eigenvalue weighted by Crippen LogP contribution is -2.32. The third-order valence-electron chi connectivity index (χ3n) is 3.22. The average molecular weight is 250 g/mol. The molecule has 1 aromatic heterocycles. The molecule has 1 aliphatic heterocycles. The predicted molar refractivity (Wildman–Crippen MR) is 62.8 cm³/mol. The first-order chi connectivity index (χ1) is 8.70. The normalized spacial score (nSPS) is 32.2. The van der Waals surface area contributed by atoms with E-state index in [0.717, 1.165) is 11.0 Å². The molecular formula is C12H14N2O4. The lowest BCUT2D eigenvalue weighted by molar-refractivity contribution is -0.0249. The van der Waals surface area contributed by atoms with Crippen molar-refractivity contribution in [1.82, 2.24) is 9.97 Å². The zero-order valence-electron chi connectivity index (χ0n) is 9.52. The van der Waals surface area contributed by atoms with Crippen molar-refractivity contribution >= 4 is 11.0 Å². The average Bonchev–Trinajstić information content (AvgIpc) is 2.92. The van der Waals surface area contributed by atoms with Crippen LogP contribution in [-0.4, -0.2) is 50.2 Å². The molecule has 1 saturated heterocycles. The minimum absolute atomic E-state index is 0.338. The van der Waals surface area contributed by atoms with Gasteiger partial charge in [0.2, 0.25) is 0 Å². The van der Waals surface area contributed by atoms with Gasteiger partial charge in [-0.15, -0.1) is 0 Å². The van der Waals surface area contributed by atoms with Crippen LogP contribution in [0.3, 0.4) is 0 Å². The second-order valence-electron chi connectivity index (χ2n) is 4.40. The summed E-state index contributed by atoms with van der Waals surface area (Å²) in [6.45, 7) is -0.338. The van der Waals surface area contributed by atoms with E-state index < -0.39 is 24.4 Å². The van der Waals surface area contributed by atoms with Gasteiger partial charge in [0.15, 0.2) is 0 Å². The first kappa shape index (κ1) is 11.6. The van der Waals surface area contributed by atoms with Crippen LogP contribution in [0.25, 0.3) is 11.0 Å². The van der Waals surface area contributed by atoms with Gasteiger partial charge >= 0.3 is 0 Å². The Morgan fingerprint density at radius 1 is 1.22 bits per heavy atom. The quantitative estimate of drug-likeness (QED) is 0.587. The molecule has 4 atom stereocenters. The number of fused-ring (bicyclic) bond motifs is 1. The molecule has 1 aliphatic rings. The lowest BCUT2D eigenvalue weighted by atomic mass is 10.1. The second kappa shape index (κ2) is 4.33. The zero-order valence-corrected chi connectivity index (χ0v) is 9.52. The van der Waals surface area contributed by atoms with Crippen LogP contribution in [0.15, 0.2) is 24.3 Å². The number of benzene rings is 1. The topological polar surface area (TPSA) is 98.6 Å². The molecule has 2 heterocycles. The maximum absolute atomic E-state index is 9.89. The van der Waals surface area contributed by atoms with Gasteiger partial charge in [-0.05, 0) is 12.1 Å². The predicted octanol–water partition coefficient (Wildman–Crippen LogP) is -0.283. The largest absolute Gasteiger partial charge is 0.394 e. The minimum atomic E-state index is -1.10. The number of hydrogen-bond donors (Lipinski definition) is 4. The van der Waals surface area contributed by atoms with Gasteiger partial charge in [-0.25, -0.2) is 4.98 Å². The first-order valence-corrected chi connectivity index (χ1v) is 5.78. The molecular weight excluding hydrogens is 236 g/mol.